The molecule has 0 fully saturated rings. The molecule has 0 radical (unpaired) electrons. The van der Waals surface area contributed by atoms with E-state index in [1.165, 1.54) is 7.11 Å². The largest absolute Gasteiger partial charge is 0.481 e. The van der Waals surface area contributed by atoms with Gasteiger partial charge in [-0.1, -0.05) is 12.1 Å². The minimum absolute atomic E-state index is 0.104. The van der Waals surface area contributed by atoms with Gasteiger partial charge in [0.25, 0.3) is 0 Å². The third-order valence-electron chi connectivity index (χ3n) is 4.56. The van der Waals surface area contributed by atoms with E-state index in [4.69, 9.17) is 9.84 Å². The lowest BCUT2D eigenvalue weighted by atomic mass is 10.0. The number of carboxylic acid groups (broad SMARTS) is 1. The molecule has 0 aliphatic heterocycles. The van der Waals surface area contributed by atoms with Crippen molar-refractivity contribution >= 4 is 22.8 Å². The summed E-state index contributed by atoms with van der Waals surface area (Å²) >= 11 is 0. The fourth-order valence-electron chi connectivity index (χ4n) is 3.19. The van der Waals surface area contributed by atoms with Gasteiger partial charge in [0.05, 0.1) is 13.5 Å². The molecule has 3 rings (SSSR count). The molecule has 0 saturated carbocycles. The predicted molar refractivity (Wildman–Crippen MR) is 102 cm³/mol. The molecule has 0 unspecified atom stereocenters. The normalized spacial score (nSPS) is 10.9. The lowest BCUT2D eigenvalue weighted by molar-refractivity contribution is -0.141. The molecule has 1 N–H and O–H groups in total. The molecule has 0 saturated heterocycles. The van der Waals surface area contributed by atoms with Crippen molar-refractivity contribution in [2.24, 2.45) is 0 Å². The summed E-state index contributed by atoms with van der Waals surface area (Å²) in [4.78, 5) is 26.6. The van der Waals surface area contributed by atoms with Crippen molar-refractivity contribution in [3.8, 4) is 0 Å². The molecule has 0 spiro atoms. The van der Waals surface area contributed by atoms with Gasteiger partial charge >= 0.3 is 11.9 Å². The number of esters is 1. The summed E-state index contributed by atoms with van der Waals surface area (Å²) in [5, 5.41) is 10.0. The second-order valence-corrected chi connectivity index (χ2v) is 6.46. The molecule has 0 aliphatic rings. The molecule has 0 atom stereocenters. The number of nitrogens with zero attached hydrogens (tertiary/aromatic N) is 2. The zero-order chi connectivity index (χ0) is 19.2. The van der Waals surface area contributed by atoms with Crippen LogP contribution in [0.2, 0.25) is 0 Å². The lowest BCUT2D eigenvalue weighted by Gasteiger charge is -2.05. The number of aromatic nitrogens is 2. The SMILES string of the molecule is COC(=O)CCn1cc(Cc2cccnc2)c2cc(CCC(=O)O)ccc21. The van der Waals surface area contributed by atoms with Crippen molar-refractivity contribution in [2.45, 2.75) is 32.2 Å². The molecule has 6 heteroatoms. The number of carbonyl (C=O) groups is 2. The van der Waals surface area contributed by atoms with Crippen molar-refractivity contribution in [1.82, 2.24) is 9.55 Å². The van der Waals surface area contributed by atoms with Crippen LogP contribution in [0.25, 0.3) is 10.9 Å². The zero-order valence-corrected chi connectivity index (χ0v) is 15.2. The molecule has 0 amide bonds. The number of aryl methyl sites for hydroxylation is 2. The van der Waals surface area contributed by atoms with E-state index in [0.29, 0.717) is 19.4 Å². The number of ether oxygens (including phenoxy) is 1. The van der Waals surface area contributed by atoms with E-state index in [1.54, 1.807) is 6.20 Å². The van der Waals surface area contributed by atoms with Crippen LogP contribution in [0.3, 0.4) is 0 Å². The van der Waals surface area contributed by atoms with E-state index in [1.807, 2.05) is 30.5 Å². The Morgan fingerprint density at radius 2 is 2.04 bits per heavy atom. The quantitative estimate of drug-likeness (QED) is 0.619. The highest BCUT2D eigenvalue weighted by Crippen LogP contribution is 2.26. The number of carboxylic acids is 1. The number of fused-ring (bicyclic) bond motifs is 1. The molecule has 140 valence electrons. The van der Waals surface area contributed by atoms with Crippen LogP contribution in [0.15, 0.2) is 48.9 Å². The first-order valence-corrected chi connectivity index (χ1v) is 8.85. The van der Waals surface area contributed by atoms with Gasteiger partial charge in [0.2, 0.25) is 0 Å². The van der Waals surface area contributed by atoms with Crippen molar-refractivity contribution in [1.29, 1.82) is 0 Å². The summed E-state index contributed by atoms with van der Waals surface area (Å²) < 4.78 is 6.80. The van der Waals surface area contributed by atoms with Crippen LogP contribution in [0.4, 0.5) is 0 Å². The van der Waals surface area contributed by atoms with Crippen LogP contribution >= 0.6 is 0 Å². The number of rotatable bonds is 8. The first-order chi connectivity index (χ1) is 13.1. The molecule has 0 aliphatic carbocycles. The van der Waals surface area contributed by atoms with Crippen molar-refractivity contribution in [3.63, 3.8) is 0 Å². The molecule has 3 aromatic rings. The minimum Gasteiger partial charge on any atom is -0.481 e. The Morgan fingerprint density at radius 3 is 2.74 bits per heavy atom. The van der Waals surface area contributed by atoms with Gasteiger partial charge in [-0.2, -0.15) is 0 Å². The number of methoxy groups -OCH3 is 1. The number of carbonyl (C=O) groups excluding carboxylic acids is 1. The van der Waals surface area contributed by atoms with Crippen molar-refractivity contribution in [2.75, 3.05) is 7.11 Å². The van der Waals surface area contributed by atoms with Crippen LogP contribution in [0.5, 0.6) is 0 Å². The number of hydrogen-bond donors (Lipinski definition) is 1. The Morgan fingerprint density at radius 1 is 1.19 bits per heavy atom. The summed E-state index contributed by atoms with van der Waals surface area (Å²) in [6.07, 6.45) is 7.25. The minimum atomic E-state index is -0.804. The molecule has 0 bridgehead atoms. The summed E-state index contributed by atoms with van der Waals surface area (Å²) in [5.41, 5.74) is 4.24. The van der Waals surface area contributed by atoms with Crippen molar-refractivity contribution < 1.29 is 19.4 Å². The number of aliphatic carboxylic acids is 1. The average molecular weight is 366 g/mol. The molecule has 6 nitrogen and oxygen atoms in total. The lowest BCUT2D eigenvalue weighted by Crippen LogP contribution is -2.06. The molecule has 2 aromatic heterocycles. The van der Waals surface area contributed by atoms with E-state index in [-0.39, 0.29) is 12.4 Å². The van der Waals surface area contributed by atoms with Crippen LogP contribution < -0.4 is 0 Å². The van der Waals surface area contributed by atoms with Gasteiger partial charge in [-0.05, 0) is 41.3 Å². The van der Waals surface area contributed by atoms with Crippen molar-refractivity contribution in [3.05, 3.63) is 65.6 Å². The Labute approximate surface area is 157 Å². The van der Waals surface area contributed by atoms with E-state index in [0.717, 1.165) is 34.0 Å². The topological polar surface area (TPSA) is 81.4 Å². The van der Waals surface area contributed by atoms with Crippen LogP contribution in [0.1, 0.15) is 29.5 Å². The fourth-order valence-corrected chi connectivity index (χ4v) is 3.19. The molecule has 2 heterocycles. The second-order valence-electron chi connectivity index (χ2n) is 6.46. The first kappa shape index (κ1) is 18.6. The monoisotopic (exact) mass is 366 g/mol. The van der Waals surface area contributed by atoms with Gasteiger partial charge in [-0.3, -0.25) is 14.6 Å². The predicted octanol–water partition coefficient (Wildman–Crippen LogP) is 3.21. The van der Waals surface area contributed by atoms with Gasteiger partial charge < -0.3 is 14.4 Å². The smallest absolute Gasteiger partial charge is 0.307 e. The Balaban J connectivity index is 1.95. The van der Waals surface area contributed by atoms with E-state index < -0.39 is 5.97 Å². The Hall–Kier alpha value is -3.15. The van der Waals surface area contributed by atoms with Gasteiger partial charge in [-0.25, -0.2) is 0 Å². The Bertz CT molecular complexity index is 947. The molecular formula is C21H22N2O4. The van der Waals surface area contributed by atoms with Crippen LogP contribution in [-0.4, -0.2) is 33.7 Å². The van der Waals surface area contributed by atoms with Gasteiger partial charge in [0.15, 0.2) is 0 Å². The standard InChI is InChI=1S/C21H22N2O4/c1-27-21(26)8-10-23-14-17(11-16-3-2-9-22-13-16)18-12-15(4-6-19(18)23)5-7-20(24)25/h2-4,6,9,12-14H,5,7-8,10-11H2,1H3,(H,24,25). The third kappa shape index (κ3) is 4.73. The average Bonchev–Trinajstić information content (AvgIpc) is 3.02. The summed E-state index contributed by atoms with van der Waals surface area (Å²) in [6, 6.07) is 9.94. The van der Waals surface area contributed by atoms with Crippen LogP contribution in [0, 0.1) is 0 Å². The van der Waals surface area contributed by atoms with Crippen LogP contribution in [-0.2, 0) is 33.7 Å². The van der Waals surface area contributed by atoms with E-state index >= 15 is 0 Å². The maximum atomic E-state index is 11.5. The van der Waals surface area contributed by atoms with E-state index in [2.05, 4.69) is 21.8 Å². The summed E-state index contributed by atoms with van der Waals surface area (Å²) in [6.45, 7) is 0.532. The fraction of sp³-hybridized carbons (Fsp3) is 0.286. The van der Waals surface area contributed by atoms with Gasteiger partial charge in [0.1, 0.15) is 0 Å². The van der Waals surface area contributed by atoms with E-state index in [9.17, 15) is 9.59 Å². The highest BCUT2D eigenvalue weighted by Gasteiger charge is 2.12. The zero-order valence-electron chi connectivity index (χ0n) is 15.2. The maximum Gasteiger partial charge on any atom is 0.307 e. The Kier molecular flexibility index (Phi) is 5.86. The molecule has 27 heavy (non-hydrogen) atoms. The summed E-state index contributed by atoms with van der Waals surface area (Å²) in [5.74, 6) is -1.05. The molecule has 1 aromatic carbocycles. The van der Waals surface area contributed by atoms with Gasteiger partial charge in [0, 0.05) is 48.9 Å². The number of benzene rings is 1. The highest BCUT2D eigenvalue weighted by molar-refractivity contribution is 5.85. The third-order valence-corrected chi connectivity index (χ3v) is 4.56. The second kappa shape index (κ2) is 8.49. The maximum absolute atomic E-state index is 11.5. The number of hydrogen-bond acceptors (Lipinski definition) is 4. The first-order valence-electron chi connectivity index (χ1n) is 8.85. The summed E-state index contributed by atoms with van der Waals surface area (Å²) in [7, 11) is 1.39. The van der Waals surface area contributed by atoms with Gasteiger partial charge in [-0.15, -0.1) is 0 Å². The highest BCUT2D eigenvalue weighted by atomic mass is 16.5. The molecular weight excluding hydrogens is 344 g/mol. The number of pyridine rings is 1.